The van der Waals surface area contributed by atoms with Crippen molar-refractivity contribution in [2.24, 2.45) is 10.7 Å². The minimum absolute atomic E-state index is 0.122. The zero-order valence-corrected chi connectivity index (χ0v) is 20.2. The molecule has 7 nitrogen and oxygen atoms in total. The van der Waals surface area contributed by atoms with Crippen LogP contribution in [0.25, 0.3) is 0 Å². The molecule has 0 radical (unpaired) electrons. The van der Waals surface area contributed by atoms with Gasteiger partial charge in [-0.05, 0) is 36.9 Å². The summed E-state index contributed by atoms with van der Waals surface area (Å²) in [5.74, 6) is -1.66. The second-order valence-corrected chi connectivity index (χ2v) is 9.94. The second-order valence-electron chi connectivity index (χ2n) is 8.62. The lowest BCUT2D eigenvalue weighted by Crippen LogP contribution is -2.44. The normalized spacial score (nSPS) is 18.6. The molecule has 1 unspecified atom stereocenters. The van der Waals surface area contributed by atoms with E-state index in [9.17, 15) is 13.6 Å². The van der Waals surface area contributed by atoms with E-state index in [0.29, 0.717) is 17.0 Å². The highest BCUT2D eigenvalue weighted by Gasteiger charge is 2.21. The van der Waals surface area contributed by atoms with E-state index in [1.54, 1.807) is 6.08 Å². The number of hydrogen-bond acceptors (Lipinski definition) is 7. The highest BCUT2D eigenvalue weighted by Crippen LogP contribution is 2.28. The highest BCUT2D eigenvalue weighted by molar-refractivity contribution is 8.00. The number of hydrogen-bond donors (Lipinski definition) is 3. The lowest BCUT2D eigenvalue weighted by atomic mass is 10.1. The van der Waals surface area contributed by atoms with Gasteiger partial charge < -0.3 is 20.9 Å². The molecule has 2 aliphatic rings. The number of carbonyl (C=O) groups excluding carboxylic acids is 1. The van der Waals surface area contributed by atoms with Gasteiger partial charge in [-0.1, -0.05) is 18.2 Å². The number of thioether (sulfide) groups is 1. The molecule has 0 bridgehead atoms. The maximum absolute atomic E-state index is 13.5. The molecule has 1 saturated heterocycles. The minimum atomic E-state index is -0.660. The molecule has 1 atom stereocenters. The van der Waals surface area contributed by atoms with Crippen molar-refractivity contribution in [2.45, 2.75) is 16.6 Å². The van der Waals surface area contributed by atoms with Crippen molar-refractivity contribution in [1.82, 2.24) is 10.2 Å². The number of carbonyl (C=O) groups is 1. The van der Waals surface area contributed by atoms with Crippen LogP contribution in [-0.2, 0) is 11.2 Å². The third-order valence-corrected chi connectivity index (χ3v) is 6.99. The summed E-state index contributed by atoms with van der Waals surface area (Å²) in [6.07, 6.45) is 1.82. The Labute approximate surface area is 207 Å². The van der Waals surface area contributed by atoms with Gasteiger partial charge >= 0.3 is 0 Å². The fourth-order valence-corrected chi connectivity index (χ4v) is 5.04. The Balaban J connectivity index is 1.34. The minimum Gasteiger partial charge on any atom is -0.383 e. The van der Waals surface area contributed by atoms with E-state index in [0.717, 1.165) is 43.5 Å². The summed E-state index contributed by atoms with van der Waals surface area (Å²) in [5, 5.41) is 10.6. The first-order valence-corrected chi connectivity index (χ1v) is 12.2. The first-order valence-electron chi connectivity index (χ1n) is 11.3. The van der Waals surface area contributed by atoms with Crippen LogP contribution in [0.5, 0.6) is 0 Å². The number of piperazine rings is 1. The third-order valence-electron chi connectivity index (χ3n) is 5.90. The summed E-state index contributed by atoms with van der Waals surface area (Å²) in [6, 6.07) is 11.2. The molecule has 0 aromatic heterocycles. The zero-order chi connectivity index (χ0) is 24.9. The number of halogens is 2. The summed E-state index contributed by atoms with van der Waals surface area (Å²) in [6.45, 7) is 4.29. The predicted molar refractivity (Wildman–Crippen MR) is 136 cm³/mol. The largest absolute Gasteiger partial charge is 0.383 e. The molecule has 0 aliphatic carbocycles. The summed E-state index contributed by atoms with van der Waals surface area (Å²) in [4.78, 5) is 21.8. The van der Waals surface area contributed by atoms with Gasteiger partial charge in [-0.2, -0.15) is 0 Å². The molecule has 2 aliphatic heterocycles. The van der Waals surface area contributed by atoms with Crippen molar-refractivity contribution in [2.75, 3.05) is 44.7 Å². The topological polar surface area (TPSA) is 97.8 Å². The monoisotopic (exact) mass is 498 g/mol. The van der Waals surface area contributed by atoms with Gasteiger partial charge in [0.25, 0.3) is 0 Å². The molecule has 4 rings (SSSR count). The quantitative estimate of drug-likeness (QED) is 0.420. The van der Waals surface area contributed by atoms with Crippen molar-refractivity contribution in [3.8, 4) is 0 Å². The van der Waals surface area contributed by atoms with Crippen molar-refractivity contribution in [3.05, 3.63) is 71.3 Å². The first kappa shape index (κ1) is 24.9. The number of amides is 1. The molecule has 0 spiro atoms. The number of anilines is 1. The molecule has 2 heterocycles. The fraction of sp³-hybridized carbons (Fsp3) is 0.320. The predicted octanol–water partition coefficient (Wildman–Crippen LogP) is 2.81. The Morgan fingerprint density at radius 3 is 2.46 bits per heavy atom. The SMILES string of the molecule is CN1CCN(c2ccc(CC(=O)NC(=N)C3=CC(Sc4cc(F)cc(F)c4)CN=C3N)cc2)CC1. The lowest BCUT2D eigenvalue weighted by Gasteiger charge is -2.34. The molecule has 4 N–H and O–H groups in total. The molecule has 184 valence electrons. The van der Waals surface area contributed by atoms with Crippen LogP contribution in [0.3, 0.4) is 0 Å². The van der Waals surface area contributed by atoms with E-state index < -0.39 is 11.6 Å². The molecular formula is C25H28F2N6OS. The van der Waals surface area contributed by atoms with Crippen LogP contribution >= 0.6 is 11.8 Å². The third kappa shape index (κ3) is 6.67. The van der Waals surface area contributed by atoms with E-state index in [1.165, 1.54) is 23.9 Å². The van der Waals surface area contributed by atoms with Gasteiger partial charge in [0.2, 0.25) is 5.91 Å². The molecule has 2 aromatic carbocycles. The average Bonchev–Trinajstić information content (AvgIpc) is 2.80. The Hall–Kier alpha value is -3.24. The Morgan fingerprint density at radius 1 is 1.14 bits per heavy atom. The second kappa shape index (κ2) is 11.0. The van der Waals surface area contributed by atoms with Crippen LogP contribution in [0.2, 0.25) is 0 Å². The summed E-state index contributed by atoms with van der Waals surface area (Å²) in [5.41, 5.74) is 8.23. The Morgan fingerprint density at radius 2 is 1.80 bits per heavy atom. The van der Waals surface area contributed by atoms with E-state index in [2.05, 4.69) is 27.2 Å². The average molecular weight is 499 g/mol. The maximum atomic E-state index is 13.5. The number of nitrogens with one attached hydrogen (secondary N) is 2. The van der Waals surface area contributed by atoms with Gasteiger partial charge in [-0.15, -0.1) is 11.8 Å². The summed E-state index contributed by atoms with van der Waals surface area (Å²) >= 11 is 1.22. The molecule has 1 amide bonds. The molecule has 35 heavy (non-hydrogen) atoms. The number of nitrogens with two attached hydrogens (primary N) is 1. The Kier molecular flexibility index (Phi) is 7.82. The van der Waals surface area contributed by atoms with Gasteiger partial charge in [0.05, 0.1) is 18.5 Å². The standard InChI is InChI=1S/C25H28F2N6OS/c1-32-6-8-33(9-7-32)19-4-2-16(3-5-19)10-23(34)31-25(29)22-14-21(15-30-24(22)28)35-20-12-17(26)11-18(27)13-20/h2-5,11-14,21H,6-10,15H2,1H3,(H2,28,30)(H2,29,31,34). The fourth-order valence-electron chi connectivity index (χ4n) is 3.98. The van der Waals surface area contributed by atoms with Crippen molar-refractivity contribution < 1.29 is 13.6 Å². The molecule has 10 heteroatoms. The number of likely N-dealkylation sites (N-methyl/N-ethyl adjacent to an activating group) is 1. The van der Waals surface area contributed by atoms with Gasteiger partial charge in [0, 0.05) is 48.1 Å². The number of aliphatic imine (C=N–C) groups is 1. The molecule has 1 fully saturated rings. The van der Waals surface area contributed by atoms with E-state index in [4.69, 9.17) is 11.1 Å². The smallest absolute Gasteiger partial charge is 0.229 e. The van der Waals surface area contributed by atoms with E-state index >= 15 is 0 Å². The van der Waals surface area contributed by atoms with Gasteiger partial charge in [-0.25, -0.2) is 8.78 Å². The maximum Gasteiger partial charge on any atom is 0.229 e. The van der Waals surface area contributed by atoms with E-state index in [-0.39, 0.29) is 29.2 Å². The number of nitrogens with zero attached hydrogens (tertiary/aromatic N) is 3. The van der Waals surface area contributed by atoms with E-state index in [1.807, 2.05) is 24.3 Å². The molecule has 0 saturated carbocycles. The number of dihydropyridines is 1. The van der Waals surface area contributed by atoms with Crippen LogP contribution in [0.15, 0.2) is 64.0 Å². The zero-order valence-electron chi connectivity index (χ0n) is 19.4. The van der Waals surface area contributed by atoms with Crippen molar-refractivity contribution in [3.63, 3.8) is 0 Å². The molecular weight excluding hydrogens is 470 g/mol. The van der Waals surface area contributed by atoms with Gasteiger partial charge in [0.15, 0.2) is 0 Å². The Bertz CT molecular complexity index is 1140. The van der Waals surface area contributed by atoms with Crippen molar-refractivity contribution in [1.29, 1.82) is 5.41 Å². The number of rotatable bonds is 6. The van der Waals surface area contributed by atoms with Gasteiger partial charge in [-0.3, -0.25) is 15.2 Å². The van der Waals surface area contributed by atoms with Crippen LogP contribution in [0, 0.1) is 17.0 Å². The van der Waals surface area contributed by atoms with Crippen LogP contribution in [0.1, 0.15) is 5.56 Å². The lowest BCUT2D eigenvalue weighted by molar-refractivity contribution is -0.119. The number of benzene rings is 2. The summed E-state index contributed by atoms with van der Waals surface area (Å²) in [7, 11) is 2.12. The van der Waals surface area contributed by atoms with Gasteiger partial charge in [0.1, 0.15) is 23.3 Å². The van der Waals surface area contributed by atoms with Crippen LogP contribution in [-0.4, -0.2) is 67.5 Å². The molecule has 2 aromatic rings. The van der Waals surface area contributed by atoms with Crippen molar-refractivity contribution >= 4 is 35.0 Å². The van der Waals surface area contributed by atoms with Crippen LogP contribution in [0.4, 0.5) is 14.5 Å². The van der Waals surface area contributed by atoms with Crippen LogP contribution < -0.4 is 16.0 Å². The first-order chi connectivity index (χ1) is 16.8. The highest BCUT2D eigenvalue weighted by atomic mass is 32.2. The summed E-state index contributed by atoms with van der Waals surface area (Å²) < 4.78 is 27.0. The number of amidine groups is 2.